The molecule has 4 aromatic heterocycles. The molecular weight excluding hydrogens is 596 g/mol. The van der Waals surface area contributed by atoms with Crippen molar-refractivity contribution in [1.82, 2.24) is 39.3 Å². The molecule has 6 rings (SSSR count). The van der Waals surface area contributed by atoms with E-state index in [0.717, 1.165) is 24.7 Å². The van der Waals surface area contributed by atoms with Gasteiger partial charge >= 0.3 is 6.18 Å². The molecule has 206 valence electrons. The lowest BCUT2D eigenvalue weighted by molar-refractivity contribution is -0.140. The van der Waals surface area contributed by atoms with Crippen LogP contribution in [0.15, 0.2) is 41.5 Å². The monoisotopic (exact) mass is 616 g/mol. The minimum absolute atomic E-state index is 0.0269. The molecule has 0 unspecified atom stereocenters. The molecule has 1 aliphatic rings. The lowest BCUT2D eigenvalue weighted by atomic mass is 10.1. The molecule has 14 heteroatoms. The number of halogens is 5. The summed E-state index contributed by atoms with van der Waals surface area (Å²) in [7, 11) is 1.52. The minimum atomic E-state index is -4.63. The van der Waals surface area contributed by atoms with Gasteiger partial charge in [-0.15, -0.1) is 0 Å². The fourth-order valence-corrected chi connectivity index (χ4v) is 5.06. The smallest absolute Gasteiger partial charge is 0.434 e. The predicted molar refractivity (Wildman–Crippen MR) is 140 cm³/mol. The van der Waals surface area contributed by atoms with Gasteiger partial charge in [-0.3, -0.25) is 0 Å². The lowest BCUT2D eigenvalue weighted by Gasteiger charge is -2.11. The molecule has 0 radical (unpaired) electrons. The molecule has 40 heavy (non-hydrogen) atoms. The summed E-state index contributed by atoms with van der Waals surface area (Å²) in [6, 6.07) is 4.32. The number of methoxy groups -OCH3 is 1. The van der Waals surface area contributed by atoms with Gasteiger partial charge in [0.1, 0.15) is 28.1 Å². The fraction of sp³-hybridized carbons (Fsp3) is 0.308. The molecule has 0 N–H and O–H groups in total. The van der Waals surface area contributed by atoms with E-state index in [-0.39, 0.29) is 24.5 Å². The second-order valence-electron chi connectivity index (χ2n) is 9.34. The van der Waals surface area contributed by atoms with E-state index in [1.807, 2.05) is 0 Å². The summed E-state index contributed by atoms with van der Waals surface area (Å²) in [5.74, 6) is 0.263. The van der Waals surface area contributed by atoms with Gasteiger partial charge < -0.3 is 9.30 Å². The highest BCUT2D eigenvalue weighted by Gasteiger charge is 2.35. The van der Waals surface area contributed by atoms with E-state index in [1.165, 1.54) is 30.1 Å². The predicted octanol–water partition coefficient (Wildman–Crippen LogP) is 6.02. The average molecular weight is 617 g/mol. The second-order valence-corrected chi connectivity index (χ2v) is 10.1. The third-order valence-corrected chi connectivity index (χ3v) is 7.27. The Morgan fingerprint density at radius 1 is 1.12 bits per heavy atom. The number of aryl methyl sites for hydroxylation is 1. The molecule has 1 fully saturated rings. The van der Waals surface area contributed by atoms with Crippen LogP contribution in [0.3, 0.4) is 0 Å². The first kappa shape index (κ1) is 26.3. The van der Waals surface area contributed by atoms with Crippen molar-refractivity contribution in [3.63, 3.8) is 0 Å². The summed E-state index contributed by atoms with van der Waals surface area (Å²) in [6.07, 6.45) is 1.38. The molecule has 0 spiro atoms. The number of hydrogen-bond acceptors (Lipinski definition) is 7. The Morgan fingerprint density at radius 2 is 1.93 bits per heavy atom. The van der Waals surface area contributed by atoms with E-state index in [0.29, 0.717) is 44.4 Å². The third-order valence-electron chi connectivity index (χ3n) is 6.68. The summed E-state index contributed by atoms with van der Waals surface area (Å²) < 4.78 is 63.7. The number of aromatic nitrogens is 8. The summed E-state index contributed by atoms with van der Waals surface area (Å²) >= 11 is 3.44. The van der Waals surface area contributed by atoms with Gasteiger partial charge in [0.15, 0.2) is 17.2 Å². The van der Waals surface area contributed by atoms with Crippen LogP contribution in [0, 0.1) is 5.82 Å². The Labute approximate surface area is 233 Å². The summed E-state index contributed by atoms with van der Waals surface area (Å²) in [5, 5.41) is 5.15. The van der Waals surface area contributed by atoms with E-state index >= 15 is 4.39 Å². The fourth-order valence-electron chi connectivity index (χ4n) is 4.59. The Hall–Kier alpha value is -3.94. The number of benzene rings is 1. The van der Waals surface area contributed by atoms with E-state index in [2.05, 4.69) is 41.0 Å². The number of hydrogen-bond donors (Lipinski definition) is 0. The highest BCUT2D eigenvalue weighted by atomic mass is 79.9. The number of ether oxygens (including phenoxy) is 1. The molecule has 0 amide bonds. The molecule has 1 aromatic carbocycles. The van der Waals surface area contributed by atoms with Gasteiger partial charge in [0.25, 0.3) is 0 Å². The van der Waals surface area contributed by atoms with E-state index in [4.69, 9.17) is 9.72 Å². The van der Waals surface area contributed by atoms with Crippen LogP contribution in [0.1, 0.15) is 42.6 Å². The standard InChI is InChI=1S/C26H21BrF4N8O/c1-3-38-11-18(26(29,30)31)35-23(38)15-7-4-13(8-17(15)28)10-39-24-16(21(27)37-39)9-32-22(36-24)19-20(14-5-6-14)33-12-34-25(19)40-2/h4,7-9,11-12,14H,3,5-6,10H2,1-2H3. The third kappa shape index (κ3) is 4.69. The first-order valence-electron chi connectivity index (χ1n) is 12.4. The number of alkyl halides is 3. The lowest BCUT2D eigenvalue weighted by Crippen LogP contribution is -2.06. The molecule has 9 nitrogen and oxygen atoms in total. The largest absolute Gasteiger partial charge is 0.480 e. The van der Waals surface area contributed by atoms with Crippen molar-refractivity contribution in [1.29, 1.82) is 0 Å². The number of rotatable bonds is 7. The maximum atomic E-state index is 15.2. The van der Waals surface area contributed by atoms with Gasteiger partial charge in [-0.05, 0) is 53.4 Å². The van der Waals surface area contributed by atoms with Crippen molar-refractivity contribution >= 4 is 27.0 Å². The van der Waals surface area contributed by atoms with Crippen LogP contribution < -0.4 is 4.74 Å². The molecule has 0 saturated heterocycles. The van der Waals surface area contributed by atoms with Gasteiger partial charge in [0.2, 0.25) is 5.88 Å². The SMILES string of the molecule is CCn1cc(C(F)(F)F)nc1-c1ccc(Cn2nc(Br)c3cnc(-c4c(OC)ncnc4C4CC4)nc32)cc1F. The zero-order valence-corrected chi connectivity index (χ0v) is 22.8. The Morgan fingerprint density at radius 3 is 2.60 bits per heavy atom. The molecule has 4 heterocycles. The van der Waals surface area contributed by atoms with Crippen molar-refractivity contribution in [2.75, 3.05) is 7.11 Å². The maximum absolute atomic E-state index is 15.2. The van der Waals surface area contributed by atoms with Crippen LogP contribution in [-0.2, 0) is 19.3 Å². The van der Waals surface area contributed by atoms with Crippen LogP contribution in [0.2, 0.25) is 0 Å². The molecule has 0 atom stereocenters. The summed E-state index contributed by atoms with van der Waals surface area (Å²) in [5.41, 5.74) is 1.38. The summed E-state index contributed by atoms with van der Waals surface area (Å²) in [6.45, 7) is 2.01. The molecule has 0 bridgehead atoms. The van der Waals surface area contributed by atoms with Crippen molar-refractivity contribution in [3.8, 4) is 28.7 Å². The minimum Gasteiger partial charge on any atom is -0.480 e. The van der Waals surface area contributed by atoms with Crippen molar-refractivity contribution in [2.24, 2.45) is 0 Å². The summed E-state index contributed by atoms with van der Waals surface area (Å²) in [4.78, 5) is 21.6. The Kier molecular flexibility index (Phi) is 6.51. The van der Waals surface area contributed by atoms with Gasteiger partial charge in [0, 0.05) is 24.9 Å². The first-order valence-corrected chi connectivity index (χ1v) is 13.2. The topological polar surface area (TPSA) is 96.4 Å². The van der Waals surface area contributed by atoms with Gasteiger partial charge in [-0.25, -0.2) is 34.0 Å². The highest BCUT2D eigenvalue weighted by Crippen LogP contribution is 2.45. The zero-order chi connectivity index (χ0) is 28.2. The number of imidazole rings is 1. The van der Waals surface area contributed by atoms with Crippen molar-refractivity contribution in [3.05, 3.63) is 64.3 Å². The Bertz CT molecular complexity index is 1750. The molecule has 1 saturated carbocycles. The van der Waals surface area contributed by atoms with Crippen molar-refractivity contribution in [2.45, 2.75) is 44.9 Å². The van der Waals surface area contributed by atoms with E-state index in [1.54, 1.807) is 23.9 Å². The zero-order valence-electron chi connectivity index (χ0n) is 21.2. The Balaban J connectivity index is 1.37. The number of nitrogens with zero attached hydrogens (tertiary/aromatic N) is 8. The van der Waals surface area contributed by atoms with Gasteiger partial charge in [-0.2, -0.15) is 18.3 Å². The molecular formula is C26H21BrF4N8O. The maximum Gasteiger partial charge on any atom is 0.434 e. The quantitative estimate of drug-likeness (QED) is 0.206. The van der Waals surface area contributed by atoms with Crippen molar-refractivity contribution < 1.29 is 22.3 Å². The molecule has 0 aliphatic heterocycles. The van der Waals surface area contributed by atoms with Crippen LogP contribution in [-0.4, -0.2) is 46.4 Å². The molecule has 1 aliphatic carbocycles. The van der Waals surface area contributed by atoms with E-state index in [9.17, 15) is 13.2 Å². The second kappa shape index (κ2) is 9.91. The van der Waals surface area contributed by atoms with Crippen LogP contribution in [0.4, 0.5) is 17.6 Å². The molecule has 5 aromatic rings. The number of fused-ring (bicyclic) bond motifs is 1. The van der Waals surface area contributed by atoms with Crippen LogP contribution in [0.25, 0.3) is 33.8 Å². The van der Waals surface area contributed by atoms with Gasteiger partial charge in [-0.1, -0.05) is 6.07 Å². The van der Waals surface area contributed by atoms with Crippen LogP contribution >= 0.6 is 15.9 Å². The normalized spacial score (nSPS) is 13.8. The highest BCUT2D eigenvalue weighted by molar-refractivity contribution is 9.10. The van der Waals surface area contributed by atoms with Gasteiger partial charge in [0.05, 0.1) is 30.3 Å². The first-order chi connectivity index (χ1) is 19.2. The van der Waals surface area contributed by atoms with Crippen LogP contribution in [0.5, 0.6) is 5.88 Å². The average Bonchev–Trinajstić information content (AvgIpc) is 3.61. The van der Waals surface area contributed by atoms with E-state index < -0.39 is 17.7 Å².